The molecule has 1 N–H and O–H groups in total. The lowest BCUT2D eigenvalue weighted by Crippen LogP contribution is -2.10. The highest BCUT2D eigenvalue weighted by atomic mass is 32.2. The molecular formula is C15H20O2S. The molecule has 0 saturated carbocycles. The van der Waals surface area contributed by atoms with Gasteiger partial charge in [0.25, 0.3) is 0 Å². The summed E-state index contributed by atoms with van der Waals surface area (Å²) in [6, 6.07) is 4.54. The van der Waals surface area contributed by atoms with Gasteiger partial charge >= 0.3 is 5.97 Å². The average molecular weight is 264 g/mol. The van der Waals surface area contributed by atoms with Gasteiger partial charge in [-0.15, -0.1) is 0 Å². The number of aliphatic carboxylic acids is 1. The van der Waals surface area contributed by atoms with E-state index in [-0.39, 0.29) is 6.42 Å². The van der Waals surface area contributed by atoms with Gasteiger partial charge in [-0.25, -0.2) is 0 Å². The Bertz CT molecular complexity index is 454. The number of hydrogen-bond acceptors (Lipinski definition) is 2. The molecule has 18 heavy (non-hydrogen) atoms. The summed E-state index contributed by atoms with van der Waals surface area (Å²) in [7, 11) is 0. The first-order valence-corrected chi connectivity index (χ1v) is 7.56. The molecule has 1 atom stereocenters. The Labute approximate surface area is 113 Å². The number of fused-ring (bicyclic) bond motifs is 1. The summed E-state index contributed by atoms with van der Waals surface area (Å²) in [5, 5.41) is 9.21. The highest BCUT2D eigenvalue weighted by molar-refractivity contribution is 7.99. The molecule has 3 heteroatoms. The van der Waals surface area contributed by atoms with Crippen LogP contribution < -0.4 is 0 Å². The quantitative estimate of drug-likeness (QED) is 0.896. The topological polar surface area (TPSA) is 37.3 Å². The van der Waals surface area contributed by atoms with E-state index in [4.69, 9.17) is 5.11 Å². The second kappa shape index (κ2) is 5.79. The summed E-state index contributed by atoms with van der Waals surface area (Å²) in [5.74, 6) is 0.0193. The summed E-state index contributed by atoms with van der Waals surface area (Å²) >= 11 is 1.80. The van der Waals surface area contributed by atoms with Crippen LogP contribution >= 0.6 is 11.8 Å². The number of carboxylic acid groups (broad SMARTS) is 1. The summed E-state index contributed by atoms with van der Waals surface area (Å²) in [4.78, 5) is 10.6. The fraction of sp³-hybridized carbons (Fsp3) is 0.533. The van der Waals surface area contributed by atoms with Gasteiger partial charge in [0.1, 0.15) is 0 Å². The summed E-state index contributed by atoms with van der Waals surface area (Å²) in [6.07, 6.45) is 3.85. The molecule has 2 rings (SSSR count). The van der Waals surface area contributed by atoms with Crippen LogP contribution in [0.5, 0.6) is 0 Å². The molecule has 2 nitrogen and oxygen atoms in total. The van der Waals surface area contributed by atoms with Gasteiger partial charge in [0, 0.05) is 11.0 Å². The normalized spacial score (nSPS) is 18.4. The Morgan fingerprint density at radius 2 is 2.22 bits per heavy atom. The maximum atomic E-state index is 10.6. The lowest BCUT2D eigenvalue weighted by Gasteiger charge is -2.27. The minimum atomic E-state index is -0.695. The molecule has 0 spiro atoms. The number of aryl methyl sites for hydroxylation is 2. The SMILES string of the molecule is Cc1cc(C)c2c(c1)C(SCCC(=O)O)CCC2. The minimum absolute atomic E-state index is 0.265. The largest absolute Gasteiger partial charge is 0.481 e. The van der Waals surface area contributed by atoms with E-state index in [2.05, 4.69) is 26.0 Å². The van der Waals surface area contributed by atoms with Gasteiger partial charge in [0.15, 0.2) is 0 Å². The summed E-state index contributed by atoms with van der Waals surface area (Å²) in [5.41, 5.74) is 5.67. The van der Waals surface area contributed by atoms with Crippen molar-refractivity contribution in [3.05, 3.63) is 34.4 Å². The molecule has 0 aromatic heterocycles. The molecule has 0 aliphatic heterocycles. The zero-order valence-corrected chi connectivity index (χ0v) is 11.8. The van der Waals surface area contributed by atoms with Gasteiger partial charge < -0.3 is 5.11 Å². The van der Waals surface area contributed by atoms with Crippen LogP contribution in [-0.2, 0) is 11.2 Å². The molecule has 0 saturated heterocycles. The molecule has 0 amide bonds. The zero-order valence-electron chi connectivity index (χ0n) is 11.0. The number of benzene rings is 1. The van der Waals surface area contributed by atoms with Gasteiger partial charge in [-0.2, -0.15) is 11.8 Å². The van der Waals surface area contributed by atoms with Crippen LogP contribution in [0.25, 0.3) is 0 Å². The molecule has 0 heterocycles. The van der Waals surface area contributed by atoms with Crippen LogP contribution in [-0.4, -0.2) is 16.8 Å². The van der Waals surface area contributed by atoms with Crippen LogP contribution in [0.1, 0.15) is 46.8 Å². The van der Waals surface area contributed by atoms with Crippen LogP contribution in [0.4, 0.5) is 0 Å². The molecule has 0 bridgehead atoms. The van der Waals surface area contributed by atoms with Gasteiger partial charge in [-0.1, -0.05) is 17.7 Å². The summed E-state index contributed by atoms with van der Waals surface area (Å²) < 4.78 is 0. The zero-order chi connectivity index (χ0) is 13.1. The predicted molar refractivity (Wildman–Crippen MR) is 76.3 cm³/mol. The number of thioether (sulfide) groups is 1. The van der Waals surface area contributed by atoms with Crippen molar-refractivity contribution in [2.24, 2.45) is 0 Å². The molecule has 0 radical (unpaired) electrons. The van der Waals surface area contributed by atoms with Crippen molar-refractivity contribution in [1.29, 1.82) is 0 Å². The molecular weight excluding hydrogens is 244 g/mol. The fourth-order valence-electron chi connectivity index (χ4n) is 2.74. The van der Waals surface area contributed by atoms with E-state index in [1.165, 1.54) is 41.5 Å². The van der Waals surface area contributed by atoms with Crippen molar-refractivity contribution < 1.29 is 9.90 Å². The maximum absolute atomic E-state index is 10.6. The smallest absolute Gasteiger partial charge is 0.304 e. The first-order chi connectivity index (χ1) is 8.58. The second-order valence-corrected chi connectivity index (χ2v) is 6.36. The van der Waals surface area contributed by atoms with E-state index < -0.39 is 5.97 Å². The molecule has 1 aromatic carbocycles. The molecule has 0 fully saturated rings. The van der Waals surface area contributed by atoms with Crippen LogP contribution in [0.15, 0.2) is 12.1 Å². The van der Waals surface area contributed by atoms with Crippen molar-refractivity contribution in [3.63, 3.8) is 0 Å². The van der Waals surface area contributed by atoms with Crippen LogP contribution in [0.2, 0.25) is 0 Å². The Kier molecular flexibility index (Phi) is 4.33. The van der Waals surface area contributed by atoms with E-state index in [1.54, 1.807) is 11.8 Å². The lowest BCUT2D eigenvalue weighted by atomic mass is 9.87. The van der Waals surface area contributed by atoms with Crippen molar-refractivity contribution in [1.82, 2.24) is 0 Å². The van der Waals surface area contributed by atoms with E-state index >= 15 is 0 Å². The lowest BCUT2D eigenvalue weighted by molar-refractivity contribution is -0.136. The third-order valence-electron chi connectivity index (χ3n) is 3.53. The highest BCUT2D eigenvalue weighted by Gasteiger charge is 2.22. The Morgan fingerprint density at radius 1 is 1.44 bits per heavy atom. The number of carbonyl (C=O) groups is 1. The standard InChI is InChI=1S/C15H20O2S/c1-10-8-11(2)12-4-3-5-14(13(12)9-10)18-7-6-15(16)17/h8-9,14H,3-7H2,1-2H3,(H,16,17). The Balaban J connectivity index is 2.14. The minimum Gasteiger partial charge on any atom is -0.481 e. The Hall–Kier alpha value is -0.960. The maximum Gasteiger partial charge on any atom is 0.304 e. The van der Waals surface area contributed by atoms with Crippen molar-refractivity contribution in [3.8, 4) is 0 Å². The van der Waals surface area contributed by atoms with E-state index in [0.717, 1.165) is 0 Å². The number of carboxylic acids is 1. The third kappa shape index (κ3) is 3.08. The fourth-order valence-corrected chi connectivity index (χ4v) is 4.04. The molecule has 1 aromatic rings. The monoisotopic (exact) mass is 264 g/mol. The van der Waals surface area contributed by atoms with E-state index in [1.807, 2.05) is 0 Å². The predicted octanol–water partition coefficient (Wildman–Crippen LogP) is 3.89. The van der Waals surface area contributed by atoms with E-state index in [0.29, 0.717) is 11.0 Å². The number of rotatable bonds is 4. The first kappa shape index (κ1) is 13.5. The van der Waals surface area contributed by atoms with Crippen molar-refractivity contribution in [2.45, 2.75) is 44.8 Å². The molecule has 1 unspecified atom stereocenters. The van der Waals surface area contributed by atoms with Crippen molar-refractivity contribution >= 4 is 17.7 Å². The van der Waals surface area contributed by atoms with Crippen molar-refractivity contribution in [2.75, 3.05) is 5.75 Å². The first-order valence-electron chi connectivity index (χ1n) is 6.51. The van der Waals surface area contributed by atoms with E-state index in [9.17, 15) is 4.79 Å². The van der Waals surface area contributed by atoms with Crippen LogP contribution in [0, 0.1) is 13.8 Å². The molecule has 1 aliphatic rings. The third-order valence-corrected chi connectivity index (χ3v) is 4.86. The second-order valence-electron chi connectivity index (χ2n) is 5.04. The van der Waals surface area contributed by atoms with Gasteiger partial charge in [-0.05, 0) is 49.8 Å². The Morgan fingerprint density at radius 3 is 2.94 bits per heavy atom. The van der Waals surface area contributed by atoms with Gasteiger partial charge in [-0.3, -0.25) is 4.79 Å². The average Bonchev–Trinajstić information content (AvgIpc) is 2.29. The van der Waals surface area contributed by atoms with Crippen LogP contribution in [0.3, 0.4) is 0 Å². The number of hydrogen-bond donors (Lipinski definition) is 1. The van der Waals surface area contributed by atoms with Gasteiger partial charge in [0.05, 0.1) is 6.42 Å². The molecule has 1 aliphatic carbocycles. The molecule has 98 valence electrons. The summed E-state index contributed by atoms with van der Waals surface area (Å²) in [6.45, 7) is 4.33. The highest BCUT2D eigenvalue weighted by Crippen LogP contribution is 2.41. The van der Waals surface area contributed by atoms with Gasteiger partial charge in [0.2, 0.25) is 0 Å².